The Balaban J connectivity index is 1.76. The Bertz CT molecular complexity index is 241. The maximum Gasteiger partial charge on any atom is 0.189 e. The van der Waals surface area contributed by atoms with Crippen LogP contribution in [0.25, 0.3) is 0 Å². The van der Waals surface area contributed by atoms with Crippen LogP contribution < -0.4 is 11.1 Å². The summed E-state index contributed by atoms with van der Waals surface area (Å²) < 4.78 is 0. The zero-order valence-corrected chi connectivity index (χ0v) is 9.86. The smallest absolute Gasteiger partial charge is 0.189 e. The fourth-order valence-electron chi connectivity index (χ4n) is 2.70. The predicted octanol–water partition coefficient (Wildman–Crippen LogP) is 1.14. The van der Waals surface area contributed by atoms with Crippen molar-refractivity contribution in [3.05, 3.63) is 0 Å². The first-order valence-electron chi connectivity index (χ1n) is 6.52. The zero-order chi connectivity index (χ0) is 11.4. The highest BCUT2D eigenvalue weighted by molar-refractivity contribution is 5.78. The minimum atomic E-state index is -0.115. The number of nitrogens with two attached hydrogens (primary N) is 1. The molecule has 0 aromatic carbocycles. The van der Waals surface area contributed by atoms with E-state index in [9.17, 15) is 5.11 Å². The average Bonchev–Trinajstić information content (AvgIpc) is 2.74. The fraction of sp³-hybridized carbons (Fsp3) is 0.917. The first-order valence-corrected chi connectivity index (χ1v) is 6.52. The van der Waals surface area contributed by atoms with E-state index >= 15 is 0 Å². The van der Waals surface area contributed by atoms with Crippen molar-refractivity contribution in [3.63, 3.8) is 0 Å². The number of hydrogen-bond acceptors (Lipinski definition) is 2. The summed E-state index contributed by atoms with van der Waals surface area (Å²) in [5, 5.41) is 12.7. The summed E-state index contributed by atoms with van der Waals surface area (Å²) in [5.41, 5.74) is 5.90. The molecule has 0 atom stereocenters. The molecule has 0 aromatic rings. The molecule has 0 aliphatic heterocycles. The second-order valence-electron chi connectivity index (χ2n) is 5.10. The highest BCUT2D eigenvalue weighted by atomic mass is 16.3. The first kappa shape index (κ1) is 11.7. The summed E-state index contributed by atoms with van der Waals surface area (Å²) in [7, 11) is 0. The van der Waals surface area contributed by atoms with E-state index in [1.807, 2.05) is 0 Å². The van der Waals surface area contributed by atoms with Gasteiger partial charge in [0.25, 0.3) is 0 Å². The van der Waals surface area contributed by atoms with Gasteiger partial charge in [-0.2, -0.15) is 0 Å². The van der Waals surface area contributed by atoms with Crippen LogP contribution in [0.3, 0.4) is 0 Å². The van der Waals surface area contributed by atoms with Gasteiger partial charge >= 0.3 is 0 Å². The topological polar surface area (TPSA) is 70.6 Å². The van der Waals surface area contributed by atoms with Crippen LogP contribution in [0.1, 0.15) is 51.4 Å². The van der Waals surface area contributed by atoms with Crippen molar-refractivity contribution in [2.45, 2.75) is 69.6 Å². The van der Waals surface area contributed by atoms with Gasteiger partial charge in [0, 0.05) is 6.04 Å². The molecule has 0 heterocycles. The fourth-order valence-corrected chi connectivity index (χ4v) is 2.70. The maximum absolute atomic E-state index is 9.40. The number of guanidine groups is 1. The minimum Gasteiger partial charge on any atom is -0.393 e. The highest BCUT2D eigenvalue weighted by Gasteiger charge is 2.20. The van der Waals surface area contributed by atoms with Crippen LogP contribution in [0.4, 0.5) is 0 Å². The van der Waals surface area contributed by atoms with Crippen molar-refractivity contribution in [1.82, 2.24) is 5.32 Å². The quantitative estimate of drug-likeness (QED) is 0.487. The van der Waals surface area contributed by atoms with Gasteiger partial charge in [0.15, 0.2) is 5.96 Å². The summed E-state index contributed by atoms with van der Waals surface area (Å²) >= 11 is 0. The Morgan fingerprint density at radius 3 is 2.31 bits per heavy atom. The molecule has 2 aliphatic rings. The minimum absolute atomic E-state index is 0.115. The van der Waals surface area contributed by atoms with E-state index in [1.54, 1.807) is 0 Å². The van der Waals surface area contributed by atoms with E-state index in [4.69, 9.17) is 5.73 Å². The van der Waals surface area contributed by atoms with Crippen molar-refractivity contribution in [2.75, 3.05) is 0 Å². The van der Waals surface area contributed by atoms with Gasteiger partial charge in [-0.1, -0.05) is 12.8 Å². The molecule has 2 rings (SSSR count). The van der Waals surface area contributed by atoms with Crippen LogP contribution in [-0.2, 0) is 0 Å². The molecule has 2 fully saturated rings. The summed E-state index contributed by atoms with van der Waals surface area (Å²) in [6.45, 7) is 0. The normalized spacial score (nSPS) is 32.9. The molecule has 0 aromatic heterocycles. The molecule has 0 amide bonds. The van der Waals surface area contributed by atoms with Gasteiger partial charge in [0.1, 0.15) is 0 Å². The Hall–Kier alpha value is -0.770. The molecule has 4 heteroatoms. The van der Waals surface area contributed by atoms with Gasteiger partial charge in [-0.05, 0) is 38.5 Å². The molecule has 0 saturated heterocycles. The van der Waals surface area contributed by atoms with E-state index in [0.29, 0.717) is 18.0 Å². The summed E-state index contributed by atoms with van der Waals surface area (Å²) in [6.07, 6.45) is 8.61. The first-order chi connectivity index (χ1) is 7.74. The Kier molecular flexibility index (Phi) is 4.04. The van der Waals surface area contributed by atoms with Gasteiger partial charge in [-0.3, -0.25) is 4.99 Å². The third kappa shape index (κ3) is 3.37. The van der Waals surface area contributed by atoms with Crippen LogP contribution in [0, 0.1) is 0 Å². The molecule has 0 spiro atoms. The lowest BCUT2D eigenvalue weighted by molar-refractivity contribution is 0.123. The van der Waals surface area contributed by atoms with Crippen LogP contribution in [-0.4, -0.2) is 29.3 Å². The highest BCUT2D eigenvalue weighted by Crippen LogP contribution is 2.21. The largest absolute Gasteiger partial charge is 0.393 e. The van der Waals surface area contributed by atoms with Crippen molar-refractivity contribution in [1.29, 1.82) is 0 Å². The Labute approximate surface area is 97.3 Å². The van der Waals surface area contributed by atoms with Gasteiger partial charge in [-0.25, -0.2) is 0 Å². The lowest BCUT2D eigenvalue weighted by Gasteiger charge is -2.23. The van der Waals surface area contributed by atoms with Crippen molar-refractivity contribution in [2.24, 2.45) is 10.7 Å². The van der Waals surface area contributed by atoms with Gasteiger partial charge in [-0.15, -0.1) is 0 Å². The number of nitrogens with zero attached hydrogens (tertiary/aromatic N) is 1. The molecule has 2 aliphatic carbocycles. The summed E-state index contributed by atoms with van der Waals surface area (Å²) in [5.74, 6) is 0.605. The number of hydrogen-bond donors (Lipinski definition) is 3. The lowest BCUT2D eigenvalue weighted by atomic mass is 9.94. The second-order valence-corrected chi connectivity index (χ2v) is 5.10. The standard InChI is InChI=1S/C12H23N3O/c13-12(14-9-3-1-2-4-9)15-10-5-7-11(16)8-6-10/h9-11,16H,1-8H2,(H3,13,14,15). The third-order valence-electron chi connectivity index (χ3n) is 3.70. The second kappa shape index (κ2) is 5.53. The molecule has 0 bridgehead atoms. The van der Waals surface area contributed by atoms with Gasteiger partial charge in [0.2, 0.25) is 0 Å². The molecule has 2 saturated carbocycles. The van der Waals surface area contributed by atoms with Crippen LogP contribution in [0.2, 0.25) is 0 Å². The van der Waals surface area contributed by atoms with Crippen LogP contribution >= 0.6 is 0 Å². The maximum atomic E-state index is 9.40. The molecule has 4 nitrogen and oxygen atoms in total. The molecule has 16 heavy (non-hydrogen) atoms. The number of rotatable bonds is 2. The monoisotopic (exact) mass is 225 g/mol. The molecular formula is C12H23N3O. The zero-order valence-electron chi connectivity index (χ0n) is 9.86. The average molecular weight is 225 g/mol. The number of aliphatic hydroxyl groups excluding tert-OH is 1. The number of nitrogens with one attached hydrogen (secondary N) is 1. The summed E-state index contributed by atoms with van der Waals surface area (Å²) in [4.78, 5) is 4.51. The molecule has 4 N–H and O–H groups in total. The van der Waals surface area contributed by atoms with Crippen molar-refractivity contribution in [3.8, 4) is 0 Å². The predicted molar refractivity (Wildman–Crippen MR) is 65.3 cm³/mol. The Morgan fingerprint density at radius 2 is 1.69 bits per heavy atom. The van der Waals surface area contributed by atoms with Crippen molar-refractivity contribution < 1.29 is 5.11 Å². The van der Waals surface area contributed by atoms with Crippen LogP contribution in [0.5, 0.6) is 0 Å². The van der Waals surface area contributed by atoms with Crippen LogP contribution in [0.15, 0.2) is 4.99 Å². The Morgan fingerprint density at radius 1 is 1.06 bits per heavy atom. The SMILES string of the molecule is NC(=NC1CCC(O)CC1)NC1CCCC1. The van der Waals surface area contributed by atoms with E-state index in [0.717, 1.165) is 25.7 Å². The van der Waals surface area contributed by atoms with Gasteiger partial charge in [0.05, 0.1) is 12.1 Å². The number of aliphatic hydroxyl groups is 1. The summed E-state index contributed by atoms with van der Waals surface area (Å²) in [6, 6.07) is 0.857. The molecule has 92 valence electrons. The van der Waals surface area contributed by atoms with Crippen molar-refractivity contribution >= 4 is 5.96 Å². The number of aliphatic imine (C=N–C) groups is 1. The molecule has 0 radical (unpaired) electrons. The van der Waals surface area contributed by atoms with Gasteiger partial charge < -0.3 is 16.2 Å². The molecule has 0 unspecified atom stereocenters. The van der Waals surface area contributed by atoms with E-state index in [-0.39, 0.29) is 6.10 Å². The molecular weight excluding hydrogens is 202 g/mol. The lowest BCUT2D eigenvalue weighted by Crippen LogP contribution is -2.39. The van der Waals surface area contributed by atoms with E-state index in [2.05, 4.69) is 10.3 Å². The van der Waals surface area contributed by atoms with E-state index < -0.39 is 0 Å². The third-order valence-corrected chi connectivity index (χ3v) is 3.70. The van der Waals surface area contributed by atoms with E-state index in [1.165, 1.54) is 25.7 Å².